The number of nitriles is 1. The zero-order valence-electron chi connectivity index (χ0n) is 15.9. The number of hydrogen-bond donors (Lipinski definition) is 0. The smallest absolute Gasteiger partial charge is 0.261 e. The molecule has 0 bridgehead atoms. The highest BCUT2D eigenvalue weighted by Gasteiger charge is 2.35. The molecule has 6 nitrogen and oxygen atoms in total. The Balaban J connectivity index is 1.77. The number of carbonyl (C=O) groups excluding carboxylic acids is 3. The van der Waals surface area contributed by atoms with E-state index in [4.69, 9.17) is 5.26 Å². The van der Waals surface area contributed by atoms with E-state index in [9.17, 15) is 14.4 Å². The van der Waals surface area contributed by atoms with Crippen molar-refractivity contribution < 1.29 is 14.4 Å². The molecule has 0 atom stereocenters. The van der Waals surface area contributed by atoms with Gasteiger partial charge in [-0.15, -0.1) is 0 Å². The largest absolute Gasteiger partial charge is 0.337 e. The van der Waals surface area contributed by atoms with E-state index in [0.717, 1.165) is 18.4 Å². The van der Waals surface area contributed by atoms with Gasteiger partial charge in [-0.2, -0.15) is 5.26 Å². The van der Waals surface area contributed by atoms with Crippen LogP contribution in [-0.2, 0) is 6.54 Å². The molecule has 0 fully saturated rings. The summed E-state index contributed by atoms with van der Waals surface area (Å²) < 4.78 is 0. The van der Waals surface area contributed by atoms with E-state index in [1.54, 1.807) is 48.3 Å². The van der Waals surface area contributed by atoms with Gasteiger partial charge in [0.1, 0.15) is 0 Å². The number of imide groups is 1. The molecule has 1 heterocycles. The Hall–Kier alpha value is -3.46. The van der Waals surface area contributed by atoms with Crippen LogP contribution in [0.5, 0.6) is 0 Å². The van der Waals surface area contributed by atoms with Gasteiger partial charge in [-0.05, 0) is 42.3 Å². The summed E-state index contributed by atoms with van der Waals surface area (Å²) in [7, 11) is 1.67. The van der Waals surface area contributed by atoms with Crippen LogP contribution < -0.4 is 0 Å². The Morgan fingerprint density at radius 3 is 2.39 bits per heavy atom. The Bertz CT molecular complexity index is 974. The van der Waals surface area contributed by atoms with Gasteiger partial charge in [0.05, 0.1) is 22.8 Å². The van der Waals surface area contributed by atoms with Gasteiger partial charge in [-0.1, -0.05) is 25.5 Å². The second-order valence-corrected chi connectivity index (χ2v) is 6.85. The number of amides is 3. The van der Waals surface area contributed by atoms with E-state index < -0.39 is 0 Å². The van der Waals surface area contributed by atoms with E-state index in [1.807, 2.05) is 6.92 Å². The van der Waals surface area contributed by atoms with Crippen molar-refractivity contribution in [1.29, 1.82) is 5.26 Å². The van der Waals surface area contributed by atoms with Gasteiger partial charge in [0, 0.05) is 25.7 Å². The molecule has 2 aromatic rings. The Morgan fingerprint density at radius 1 is 1.07 bits per heavy atom. The van der Waals surface area contributed by atoms with Crippen LogP contribution in [0.1, 0.15) is 62.0 Å². The average molecular weight is 375 g/mol. The maximum Gasteiger partial charge on any atom is 0.261 e. The second kappa shape index (κ2) is 8.05. The molecule has 3 rings (SSSR count). The third-order valence-electron chi connectivity index (χ3n) is 4.80. The first-order valence-electron chi connectivity index (χ1n) is 9.21. The third-order valence-corrected chi connectivity index (χ3v) is 4.80. The fourth-order valence-corrected chi connectivity index (χ4v) is 3.19. The van der Waals surface area contributed by atoms with Crippen molar-refractivity contribution in [2.75, 3.05) is 13.6 Å². The fraction of sp³-hybridized carbons (Fsp3) is 0.273. The number of unbranched alkanes of at least 4 members (excludes halogenated alkanes) is 1. The maximum absolute atomic E-state index is 12.8. The van der Waals surface area contributed by atoms with Crippen molar-refractivity contribution in [1.82, 2.24) is 9.80 Å². The first kappa shape index (κ1) is 19.3. The minimum absolute atomic E-state index is 0.237. The molecular weight excluding hydrogens is 354 g/mol. The van der Waals surface area contributed by atoms with Crippen LogP contribution in [0.4, 0.5) is 0 Å². The number of rotatable bonds is 6. The van der Waals surface area contributed by atoms with Crippen LogP contribution >= 0.6 is 0 Å². The van der Waals surface area contributed by atoms with E-state index >= 15 is 0 Å². The molecule has 28 heavy (non-hydrogen) atoms. The Labute approximate surface area is 164 Å². The molecule has 142 valence electrons. The van der Waals surface area contributed by atoms with Crippen molar-refractivity contribution >= 4 is 17.7 Å². The lowest BCUT2D eigenvalue weighted by Gasteiger charge is -2.17. The number of benzene rings is 2. The lowest BCUT2D eigenvalue weighted by molar-refractivity contribution is 0.0652. The van der Waals surface area contributed by atoms with Crippen LogP contribution in [0.25, 0.3) is 0 Å². The predicted molar refractivity (Wildman–Crippen MR) is 104 cm³/mol. The van der Waals surface area contributed by atoms with Gasteiger partial charge in [0.25, 0.3) is 17.7 Å². The summed E-state index contributed by atoms with van der Waals surface area (Å²) in [5.74, 6) is -0.865. The van der Waals surface area contributed by atoms with Crippen LogP contribution in [0.3, 0.4) is 0 Å². The highest BCUT2D eigenvalue weighted by Crippen LogP contribution is 2.25. The summed E-state index contributed by atoms with van der Waals surface area (Å²) in [5, 5.41) is 8.86. The Morgan fingerprint density at radius 2 is 1.75 bits per heavy atom. The number of carbonyl (C=O) groups is 3. The summed E-state index contributed by atoms with van der Waals surface area (Å²) in [6, 6.07) is 13.7. The van der Waals surface area contributed by atoms with Gasteiger partial charge in [-0.3, -0.25) is 19.3 Å². The molecule has 0 aliphatic carbocycles. The second-order valence-electron chi connectivity index (χ2n) is 6.85. The monoisotopic (exact) mass is 375 g/mol. The summed E-state index contributed by atoms with van der Waals surface area (Å²) in [4.78, 5) is 40.5. The van der Waals surface area contributed by atoms with Crippen molar-refractivity contribution in [3.8, 4) is 6.07 Å². The summed E-state index contributed by atoms with van der Waals surface area (Å²) in [6.07, 6.45) is 1.64. The van der Waals surface area contributed by atoms with Gasteiger partial charge >= 0.3 is 0 Å². The first-order valence-corrected chi connectivity index (χ1v) is 9.21. The third kappa shape index (κ3) is 3.65. The van der Waals surface area contributed by atoms with Gasteiger partial charge in [-0.25, -0.2) is 0 Å². The number of hydrogen-bond acceptors (Lipinski definition) is 4. The zero-order valence-corrected chi connectivity index (χ0v) is 15.9. The first-order chi connectivity index (χ1) is 13.5. The molecule has 1 aliphatic heterocycles. The van der Waals surface area contributed by atoms with Crippen LogP contribution in [0.15, 0.2) is 42.5 Å². The van der Waals surface area contributed by atoms with Crippen molar-refractivity contribution in [3.05, 3.63) is 70.3 Å². The highest BCUT2D eigenvalue weighted by atomic mass is 16.2. The molecule has 3 amide bonds. The molecule has 6 heteroatoms. The Kier molecular flexibility index (Phi) is 5.55. The van der Waals surface area contributed by atoms with Crippen molar-refractivity contribution in [3.63, 3.8) is 0 Å². The van der Waals surface area contributed by atoms with Crippen LogP contribution in [0, 0.1) is 11.3 Å². The van der Waals surface area contributed by atoms with Gasteiger partial charge in [0.2, 0.25) is 0 Å². The summed E-state index contributed by atoms with van der Waals surface area (Å²) in [6.45, 7) is 2.76. The van der Waals surface area contributed by atoms with Crippen LogP contribution in [0.2, 0.25) is 0 Å². The normalized spacial score (nSPS) is 12.7. The minimum atomic E-state index is -0.335. The molecule has 0 aromatic heterocycles. The minimum Gasteiger partial charge on any atom is -0.337 e. The van der Waals surface area contributed by atoms with E-state index in [2.05, 4.69) is 6.07 Å². The van der Waals surface area contributed by atoms with Crippen molar-refractivity contribution in [2.45, 2.75) is 26.3 Å². The highest BCUT2D eigenvalue weighted by molar-refractivity contribution is 6.22. The van der Waals surface area contributed by atoms with E-state index in [1.165, 1.54) is 11.0 Å². The lowest BCUT2D eigenvalue weighted by atomic mass is 10.0. The SMILES string of the molecule is CCCCN1C(=O)c2ccc(C(=O)N(C)Cc3ccc(C#N)cc3)cc2C1=O. The molecule has 0 radical (unpaired) electrons. The van der Waals surface area contributed by atoms with E-state index in [0.29, 0.717) is 35.3 Å². The number of fused-ring (bicyclic) bond motifs is 1. The fourth-order valence-electron chi connectivity index (χ4n) is 3.19. The quantitative estimate of drug-likeness (QED) is 0.726. The van der Waals surface area contributed by atoms with Gasteiger partial charge in [0.15, 0.2) is 0 Å². The lowest BCUT2D eigenvalue weighted by Crippen LogP contribution is -2.30. The molecular formula is C22H21N3O3. The molecule has 1 aliphatic rings. The molecule has 0 N–H and O–H groups in total. The molecule has 0 saturated carbocycles. The predicted octanol–water partition coefficient (Wildman–Crippen LogP) is 3.23. The zero-order chi connectivity index (χ0) is 20.3. The summed E-state index contributed by atoms with van der Waals surface area (Å²) >= 11 is 0. The van der Waals surface area contributed by atoms with Crippen LogP contribution in [-0.4, -0.2) is 41.1 Å². The number of nitrogens with zero attached hydrogens (tertiary/aromatic N) is 3. The molecule has 0 saturated heterocycles. The van der Waals surface area contributed by atoms with Gasteiger partial charge < -0.3 is 4.90 Å². The molecule has 0 unspecified atom stereocenters. The topological polar surface area (TPSA) is 81.5 Å². The standard InChI is InChI=1S/C22H21N3O3/c1-3-4-11-25-21(27)18-10-9-17(12-19(18)22(25)28)20(26)24(2)14-16-7-5-15(13-23)6-8-16/h5-10,12H,3-4,11,14H2,1-2H3. The maximum atomic E-state index is 12.8. The molecule has 0 spiro atoms. The van der Waals surface area contributed by atoms with E-state index in [-0.39, 0.29) is 17.7 Å². The summed E-state index contributed by atoms with van der Waals surface area (Å²) in [5.41, 5.74) is 2.47. The van der Waals surface area contributed by atoms with Crippen molar-refractivity contribution in [2.24, 2.45) is 0 Å². The average Bonchev–Trinajstić information content (AvgIpc) is 2.96. The molecule has 2 aromatic carbocycles.